The molecule has 4 fully saturated rings. The van der Waals surface area contributed by atoms with Gasteiger partial charge in [-0.25, -0.2) is 4.79 Å². The predicted octanol–water partition coefficient (Wildman–Crippen LogP) is 3.54. The van der Waals surface area contributed by atoms with E-state index < -0.39 is 41.5 Å². The molecule has 2 saturated carbocycles. The van der Waals surface area contributed by atoms with E-state index in [-0.39, 0.29) is 53.7 Å². The SMILES string of the molecule is C[C@]12CC[C@@H](OC(=O)CCl)[C@@](C)(COC(=O)CCl)C1CCC1(CO1)[C@H]2C/C=C1\C(=O)OC[C@H]1OC(=O)CCl. The highest BCUT2D eigenvalue weighted by molar-refractivity contribution is 6.27. The van der Waals surface area contributed by atoms with E-state index in [4.69, 9.17) is 58.5 Å². The molecule has 2 unspecified atom stereocenters. The van der Waals surface area contributed by atoms with E-state index in [9.17, 15) is 19.2 Å². The van der Waals surface area contributed by atoms with Gasteiger partial charge < -0.3 is 23.7 Å². The topological polar surface area (TPSA) is 118 Å². The van der Waals surface area contributed by atoms with Crippen LogP contribution in [0.15, 0.2) is 11.6 Å². The van der Waals surface area contributed by atoms with Crippen LogP contribution in [0.25, 0.3) is 0 Å². The Morgan fingerprint density at radius 1 is 1.00 bits per heavy atom. The molecular weight excluding hydrogens is 563 g/mol. The van der Waals surface area contributed by atoms with E-state index in [1.807, 2.05) is 6.92 Å². The number of epoxide rings is 1. The molecule has 2 aliphatic heterocycles. The molecule has 0 radical (unpaired) electrons. The average Bonchev–Trinajstić information content (AvgIpc) is 3.59. The van der Waals surface area contributed by atoms with Gasteiger partial charge >= 0.3 is 23.9 Å². The molecule has 9 nitrogen and oxygen atoms in total. The first-order valence-electron chi connectivity index (χ1n) is 12.8. The van der Waals surface area contributed by atoms with Crippen LogP contribution in [0.4, 0.5) is 0 Å². The summed E-state index contributed by atoms with van der Waals surface area (Å²) in [6.07, 6.45) is 3.83. The van der Waals surface area contributed by atoms with Crippen LogP contribution in [0, 0.1) is 22.7 Å². The Bertz CT molecular complexity index is 996. The lowest BCUT2D eigenvalue weighted by molar-refractivity contribution is -0.201. The molecular formula is C26H33Cl3O9. The van der Waals surface area contributed by atoms with Gasteiger partial charge in [0, 0.05) is 5.41 Å². The first-order chi connectivity index (χ1) is 18.0. The summed E-state index contributed by atoms with van der Waals surface area (Å²) < 4.78 is 27.8. The number of halogens is 3. The highest BCUT2D eigenvalue weighted by Gasteiger charge is 2.67. The van der Waals surface area contributed by atoms with Crippen LogP contribution in [0.5, 0.6) is 0 Å². The van der Waals surface area contributed by atoms with E-state index >= 15 is 0 Å². The lowest BCUT2D eigenvalue weighted by atomic mass is 9.45. The summed E-state index contributed by atoms with van der Waals surface area (Å²) in [6.45, 7) is 4.80. The lowest BCUT2D eigenvalue weighted by Gasteiger charge is -2.61. The Labute approximate surface area is 236 Å². The summed E-state index contributed by atoms with van der Waals surface area (Å²) in [5, 5.41) is 0. The van der Waals surface area contributed by atoms with Gasteiger partial charge in [0.2, 0.25) is 0 Å². The molecule has 0 aromatic rings. The van der Waals surface area contributed by atoms with Crippen molar-refractivity contribution in [2.24, 2.45) is 22.7 Å². The number of fused-ring (bicyclic) bond motifs is 1. The summed E-state index contributed by atoms with van der Waals surface area (Å²) in [7, 11) is 0. The number of esters is 4. The Hall–Kier alpha value is -1.55. The third-order valence-corrected chi connectivity index (χ3v) is 9.67. The van der Waals surface area contributed by atoms with Crippen molar-refractivity contribution < 1.29 is 42.9 Å². The quantitative estimate of drug-likeness (QED) is 0.130. The van der Waals surface area contributed by atoms with Crippen molar-refractivity contribution in [3.05, 3.63) is 11.6 Å². The minimum absolute atomic E-state index is 0.00127. The van der Waals surface area contributed by atoms with Gasteiger partial charge in [0.05, 0.1) is 17.8 Å². The molecule has 1 spiro atoms. The summed E-state index contributed by atoms with van der Waals surface area (Å²) in [5.41, 5.74) is -1.03. The smallest absolute Gasteiger partial charge is 0.337 e. The van der Waals surface area contributed by atoms with Crippen molar-refractivity contribution in [1.29, 1.82) is 0 Å². The van der Waals surface area contributed by atoms with Crippen LogP contribution in [0.1, 0.15) is 46.0 Å². The number of alkyl halides is 3. The van der Waals surface area contributed by atoms with Gasteiger partial charge in [-0.05, 0) is 49.4 Å². The second kappa shape index (κ2) is 11.5. The zero-order valence-corrected chi connectivity index (χ0v) is 23.7. The maximum Gasteiger partial charge on any atom is 0.337 e. The molecule has 0 N–H and O–H groups in total. The first-order valence-corrected chi connectivity index (χ1v) is 14.4. The maximum atomic E-state index is 12.5. The van der Waals surface area contributed by atoms with E-state index in [0.717, 1.165) is 19.3 Å². The van der Waals surface area contributed by atoms with Crippen molar-refractivity contribution in [3.63, 3.8) is 0 Å². The lowest BCUT2D eigenvalue weighted by Crippen LogP contribution is -2.61. The van der Waals surface area contributed by atoms with Crippen LogP contribution >= 0.6 is 34.8 Å². The summed E-state index contributed by atoms with van der Waals surface area (Å²) in [6, 6.07) is 0. The highest BCUT2D eigenvalue weighted by Crippen LogP contribution is 2.66. The van der Waals surface area contributed by atoms with Crippen LogP contribution in [-0.4, -0.2) is 79.1 Å². The largest absolute Gasteiger partial charge is 0.464 e. The zero-order chi connectivity index (χ0) is 27.7. The fourth-order valence-electron chi connectivity index (χ4n) is 7.14. The molecule has 7 atom stereocenters. The maximum absolute atomic E-state index is 12.5. The first kappa shape index (κ1) is 29.4. The number of rotatable bonds is 9. The highest BCUT2D eigenvalue weighted by atomic mass is 35.5. The van der Waals surface area contributed by atoms with Crippen LogP contribution in [-0.2, 0) is 42.9 Å². The molecule has 2 heterocycles. The number of hydrogen-bond donors (Lipinski definition) is 0. The van der Waals surface area contributed by atoms with Crippen molar-refractivity contribution in [2.75, 3.05) is 37.5 Å². The molecule has 4 rings (SSSR count). The monoisotopic (exact) mass is 594 g/mol. The fraction of sp³-hybridized carbons (Fsp3) is 0.769. The summed E-state index contributed by atoms with van der Waals surface area (Å²) in [5.74, 6) is -3.07. The Kier molecular flexibility index (Phi) is 8.92. The van der Waals surface area contributed by atoms with Crippen molar-refractivity contribution in [2.45, 2.75) is 63.8 Å². The number of allylic oxidation sites excluding steroid dienone is 1. The summed E-state index contributed by atoms with van der Waals surface area (Å²) >= 11 is 17.0. The minimum Gasteiger partial charge on any atom is -0.464 e. The van der Waals surface area contributed by atoms with Gasteiger partial charge in [0.25, 0.3) is 0 Å². The number of ether oxygens (including phenoxy) is 5. The van der Waals surface area contributed by atoms with Gasteiger partial charge in [-0.15, -0.1) is 34.8 Å². The van der Waals surface area contributed by atoms with Crippen LogP contribution in [0.2, 0.25) is 0 Å². The van der Waals surface area contributed by atoms with Gasteiger partial charge in [-0.2, -0.15) is 0 Å². The van der Waals surface area contributed by atoms with Gasteiger partial charge in [-0.3, -0.25) is 14.4 Å². The van der Waals surface area contributed by atoms with E-state index in [0.29, 0.717) is 25.0 Å². The average molecular weight is 596 g/mol. The molecule has 0 aromatic carbocycles. The Morgan fingerprint density at radius 3 is 2.29 bits per heavy atom. The standard InChI is InChI=1S/C26H33Cl3O9/c1-24-7-6-19(38-22(32)11-29)25(2,13-35-20(30)9-27)17(24)5-8-26(14-36-26)18(24)4-3-15-16(12-34-23(15)33)37-21(31)10-28/h3,16-19H,4-14H2,1-2H3/b15-3-/t16-,17?,18+,19-,24+,25+,26?/m1/s1. The molecule has 2 saturated heterocycles. The second-order valence-corrected chi connectivity index (χ2v) is 11.9. The molecule has 0 aromatic heterocycles. The normalized spacial score (nSPS) is 38.9. The molecule has 12 heteroatoms. The van der Waals surface area contributed by atoms with Gasteiger partial charge in [0.1, 0.15) is 37.0 Å². The number of cyclic esters (lactones) is 1. The predicted molar refractivity (Wildman–Crippen MR) is 137 cm³/mol. The minimum atomic E-state index is -0.803. The van der Waals surface area contributed by atoms with E-state index in [1.165, 1.54) is 0 Å². The van der Waals surface area contributed by atoms with Crippen molar-refractivity contribution in [1.82, 2.24) is 0 Å². The summed E-state index contributed by atoms with van der Waals surface area (Å²) in [4.78, 5) is 48.4. The zero-order valence-electron chi connectivity index (χ0n) is 21.5. The van der Waals surface area contributed by atoms with Gasteiger partial charge in [-0.1, -0.05) is 19.9 Å². The number of hydrogen-bond acceptors (Lipinski definition) is 9. The number of carbonyl (C=O) groups excluding carboxylic acids is 4. The van der Waals surface area contributed by atoms with E-state index in [2.05, 4.69) is 6.92 Å². The molecule has 2 aliphatic carbocycles. The van der Waals surface area contributed by atoms with Crippen molar-refractivity contribution >= 4 is 58.7 Å². The Morgan fingerprint density at radius 2 is 1.66 bits per heavy atom. The van der Waals surface area contributed by atoms with Crippen LogP contribution in [0.3, 0.4) is 0 Å². The molecule has 4 aliphatic rings. The second-order valence-electron chi connectivity index (χ2n) is 11.1. The third-order valence-electron chi connectivity index (χ3n) is 9.02. The molecule has 0 bridgehead atoms. The third kappa shape index (κ3) is 5.54. The van der Waals surface area contributed by atoms with Crippen molar-refractivity contribution in [3.8, 4) is 0 Å². The molecule has 0 amide bonds. The van der Waals surface area contributed by atoms with Gasteiger partial charge in [0.15, 0.2) is 6.10 Å². The van der Waals surface area contributed by atoms with E-state index in [1.54, 1.807) is 6.08 Å². The van der Waals surface area contributed by atoms with Crippen LogP contribution < -0.4 is 0 Å². The Balaban J connectivity index is 1.63. The molecule has 212 valence electrons. The fourth-order valence-corrected chi connectivity index (χ4v) is 7.34. The molecule has 38 heavy (non-hydrogen) atoms. The number of carbonyl (C=O) groups is 4.